The van der Waals surface area contributed by atoms with Gasteiger partial charge in [0.1, 0.15) is 6.07 Å². The third-order valence-corrected chi connectivity index (χ3v) is 3.69. The second-order valence-corrected chi connectivity index (χ2v) is 5.46. The molecule has 3 aromatic rings. The van der Waals surface area contributed by atoms with Gasteiger partial charge in [-0.1, -0.05) is 24.3 Å². The van der Waals surface area contributed by atoms with Crippen LogP contribution in [0.5, 0.6) is 0 Å². The van der Waals surface area contributed by atoms with Gasteiger partial charge in [0.05, 0.1) is 16.6 Å². The fourth-order valence-electron chi connectivity index (χ4n) is 2.57. The number of fused-ring (bicyclic) bond motifs is 1. The van der Waals surface area contributed by atoms with Gasteiger partial charge in [0, 0.05) is 19.7 Å². The summed E-state index contributed by atoms with van der Waals surface area (Å²) in [5, 5.41) is 12.3. The zero-order valence-electron chi connectivity index (χ0n) is 13.4. The summed E-state index contributed by atoms with van der Waals surface area (Å²) in [4.78, 5) is 15.6. The number of benzene rings is 2. The van der Waals surface area contributed by atoms with E-state index in [0.717, 1.165) is 22.3 Å². The molecule has 118 valence electrons. The molecule has 0 bridgehead atoms. The zero-order valence-corrected chi connectivity index (χ0v) is 13.4. The standard InChI is InChI=1S/C19H16N4O/c1-13(24)21-16-9-7-14(8-10-16)11-15(12-20)19-22-17-5-3-4-6-18(17)23(19)2/h3-11H,1-2H3,(H,21,24). The Labute approximate surface area is 139 Å². The van der Waals surface area contributed by atoms with Gasteiger partial charge >= 0.3 is 0 Å². The van der Waals surface area contributed by atoms with E-state index in [1.54, 1.807) is 18.2 Å². The molecule has 2 aromatic carbocycles. The molecular formula is C19H16N4O. The quantitative estimate of drug-likeness (QED) is 0.751. The average Bonchev–Trinajstić information content (AvgIpc) is 2.91. The fraction of sp³-hybridized carbons (Fsp3) is 0.105. The van der Waals surface area contributed by atoms with E-state index in [0.29, 0.717) is 11.4 Å². The topological polar surface area (TPSA) is 70.7 Å². The minimum absolute atomic E-state index is 0.115. The second kappa shape index (κ2) is 6.39. The number of carbonyl (C=O) groups excluding carboxylic acids is 1. The molecule has 3 rings (SSSR count). The molecule has 0 fully saturated rings. The number of aromatic nitrogens is 2. The van der Waals surface area contributed by atoms with Gasteiger partial charge < -0.3 is 9.88 Å². The Bertz CT molecular complexity index is 975. The van der Waals surface area contributed by atoms with Crippen molar-refractivity contribution in [3.63, 3.8) is 0 Å². The molecular weight excluding hydrogens is 300 g/mol. The van der Waals surface area contributed by atoms with E-state index in [1.165, 1.54) is 6.92 Å². The van der Waals surface area contributed by atoms with E-state index >= 15 is 0 Å². The van der Waals surface area contributed by atoms with Gasteiger partial charge in [-0.05, 0) is 35.9 Å². The molecule has 24 heavy (non-hydrogen) atoms. The first kappa shape index (κ1) is 15.5. The van der Waals surface area contributed by atoms with Gasteiger partial charge in [-0.25, -0.2) is 4.98 Å². The number of rotatable bonds is 3. The van der Waals surface area contributed by atoms with E-state index in [9.17, 15) is 10.1 Å². The Hall–Kier alpha value is -3.39. The Balaban J connectivity index is 1.98. The number of carbonyl (C=O) groups is 1. The molecule has 0 saturated carbocycles. The summed E-state index contributed by atoms with van der Waals surface area (Å²) >= 11 is 0. The van der Waals surface area contributed by atoms with Crippen LogP contribution < -0.4 is 5.32 Å². The highest BCUT2D eigenvalue weighted by atomic mass is 16.1. The lowest BCUT2D eigenvalue weighted by atomic mass is 10.1. The van der Waals surface area contributed by atoms with E-state index in [-0.39, 0.29) is 5.91 Å². The van der Waals surface area contributed by atoms with Crippen LogP contribution in [-0.2, 0) is 11.8 Å². The molecule has 0 unspecified atom stereocenters. The van der Waals surface area contributed by atoms with Crippen molar-refractivity contribution in [3.8, 4) is 6.07 Å². The highest BCUT2D eigenvalue weighted by Crippen LogP contribution is 2.22. The van der Waals surface area contributed by atoms with E-state index < -0.39 is 0 Å². The predicted octanol–water partition coefficient (Wildman–Crippen LogP) is 3.60. The molecule has 0 spiro atoms. The van der Waals surface area contributed by atoms with Crippen LogP contribution in [0.2, 0.25) is 0 Å². The smallest absolute Gasteiger partial charge is 0.221 e. The highest BCUT2D eigenvalue weighted by Gasteiger charge is 2.11. The summed E-state index contributed by atoms with van der Waals surface area (Å²) < 4.78 is 1.91. The first-order chi connectivity index (χ1) is 11.6. The molecule has 0 saturated heterocycles. The number of amides is 1. The van der Waals surface area contributed by atoms with Crippen molar-refractivity contribution < 1.29 is 4.79 Å². The number of nitriles is 1. The summed E-state index contributed by atoms with van der Waals surface area (Å²) in [5.41, 5.74) is 3.92. The summed E-state index contributed by atoms with van der Waals surface area (Å²) in [5.74, 6) is 0.514. The number of anilines is 1. The average molecular weight is 316 g/mol. The molecule has 0 atom stereocenters. The second-order valence-electron chi connectivity index (χ2n) is 5.46. The third kappa shape index (κ3) is 3.03. The van der Waals surface area contributed by atoms with E-state index in [4.69, 9.17) is 0 Å². The van der Waals surface area contributed by atoms with Crippen LogP contribution in [0.25, 0.3) is 22.7 Å². The minimum Gasteiger partial charge on any atom is -0.327 e. The summed E-state index contributed by atoms with van der Waals surface area (Å²) in [6.07, 6.45) is 1.79. The summed E-state index contributed by atoms with van der Waals surface area (Å²) in [6.45, 7) is 1.47. The van der Waals surface area contributed by atoms with Crippen LogP contribution >= 0.6 is 0 Å². The lowest BCUT2D eigenvalue weighted by molar-refractivity contribution is -0.114. The van der Waals surface area contributed by atoms with Gasteiger partial charge in [-0.15, -0.1) is 0 Å². The van der Waals surface area contributed by atoms with Crippen LogP contribution in [-0.4, -0.2) is 15.5 Å². The maximum absolute atomic E-state index is 11.1. The van der Waals surface area contributed by atoms with Gasteiger partial charge in [-0.3, -0.25) is 4.79 Å². The molecule has 5 heteroatoms. The number of nitrogens with one attached hydrogen (secondary N) is 1. The maximum Gasteiger partial charge on any atom is 0.221 e. The van der Waals surface area contributed by atoms with E-state index in [1.807, 2.05) is 48.0 Å². The molecule has 1 N–H and O–H groups in total. The molecule has 0 aliphatic heterocycles. The van der Waals surface area contributed by atoms with Crippen molar-refractivity contribution in [2.24, 2.45) is 7.05 Å². The number of nitrogens with zero attached hydrogens (tertiary/aromatic N) is 3. The number of aryl methyl sites for hydroxylation is 1. The van der Waals surface area contributed by atoms with Crippen LogP contribution in [0.15, 0.2) is 48.5 Å². The first-order valence-electron chi connectivity index (χ1n) is 7.50. The molecule has 0 aliphatic carbocycles. The fourth-order valence-corrected chi connectivity index (χ4v) is 2.57. The SMILES string of the molecule is CC(=O)Nc1ccc(C=C(C#N)c2nc3ccccc3n2C)cc1. The molecule has 1 heterocycles. The van der Waals surface area contributed by atoms with Crippen LogP contribution in [0, 0.1) is 11.3 Å². The van der Waals surface area contributed by atoms with Crippen molar-refractivity contribution in [1.82, 2.24) is 9.55 Å². The van der Waals surface area contributed by atoms with Crippen molar-refractivity contribution in [1.29, 1.82) is 5.26 Å². The van der Waals surface area contributed by atoms with Crippen LogP contribution in [0.1, 0.15) is 18.3 Å². The molecule has 1 aromatic heterocycles. The number of para-hydroxylation sites is 2. The normalized spacial score (nSPS) is 11.3. The monoisotopic (exact) mass is 316 g/mol. The highest BCUT2D eigenvalue weighted by molar-refractivity contribution is 5.92. The summed E-state index contributed by atoms with van der Waals surface area (Å²) in [6, 6.07) is 17.3. The minimum atomic E-state index is -0.115. The molecule has 0 aliphatic rings. The van der Waals surface area contributed by atoms with Crippen molar-refractivity contribution >= 4 is 34.3 Å². The maximum atomic E-state index is 11.1. The summed E-state index contributed by atoms with van der Waals surface area (Å²) in [7, 11) is 1.90. The molecule has 5 nitrogen and oxygen atoms in total. The van der Waals surface area contributed by atoms with E-state index in [2.05, 4.69) is 16.4 Å². The van der Waals surface area contributed by atoms with Crippen LogP contribution in [0.4, 0.5) is 5.69 Å². The van der Waals surface area contributed by atoms with Crippen molar-refractivity contribution in [2.75, 3.05) is 5.32 Å². The zero-order chi connectivity index (χ0) is 17.1. The largest absolute Gasteiger partial charge is 0.327 e. The number of imidazole rings is 1. The van der Waals surface area contributed by atoms with Crippen molar-refractivity contribution in [2.45, 2.75) is 6.92 Å². The number of hydrogen-bond donors (Lipinski definition) is 1. The van der Waals surface area contributed by atoms with Gasteiger partial charge in [0.25, 0.3) is 0 Å². The predicted molar refractivity (Wildman–Crippen MR) is 94.9 cm³/mol. The third-order valence-electron chi connectivity index (χ3n) is 3.69. The Morgan fingerprint density at radius 2 is 1.92 bits per heavy atom. The van der Waals surface area contributed by atoms with Crippen molar-refractivity contribution in [3.05, 3.63) is 59.9 Å². The number of allylic oxidation sites excluding steroid dienone is 1. The Morgan fingerprint density at radius 1 is 1.21 bits per heavy atom. The van der Waals surface area contributed by atoms with Gasteiger partial charge in [-0.2, -0.15) is 5.26 Å². The van der Waals surface area contributed by atoms with Crippen LogP contribution in [0.3, 0.4) is 0 Å². The lowest BCUT2D eigenvalue weighted by Gasteiger charge is -2.03. The molecule has 1 amide bonds. The molecule has 0 radical (unpaired) electrons. The first-order valence-corrected chi connectivity index (χ1v) is 7.50. The number of hydrogen-bond acceptors (Lipinski definition) is 3. The Kier molecular flexibility index (Phi) is 4.13. The van der Waals surface area contributed by atoms with Gasteiger partial charge in [0.15, 0.2) is 5.82 Å². The van der Waals surface area contributed by atoms with Gasteiger partial charge in [0.2, 0.25) is 5.91 Å². The Morgan fingerprint density at radius 3 is 2.54 bits per heavy atom. The lowest BCUT2D eigenvalue weighted by Crippen LogP contribution is -2.05.